The van der Waals surface area contributed by atoms with Gasteiger partial charge in [0.05, 0.1) is 0 Å². The zero-order valence-electron chi connectivity index (χ0n) is 13.1. The van der Waals surface area contributed by atoms with Crippen LogP contribution in [-0.2, 0) is 13.1 Å². The highest BCUT2D eigenvalue weighted by molar-refractivity contribution is 7.09. The molecular formula is C17H22N4OS. The Morgan fingerprint density at radius 3 is 2.70 bits per heavy atom. The number of carbonyl (C=O) groups excluding carboxylic acids is 1. The van der Waals surface area contributed by atoms with E-state index >= 15 is 0 Å². The summed E-state index contributed by atoms with van der Waals surface area (Å²) < 4.78 is 0. The van der Waals surface area contributed by atoms with Gasteiger partial charge in [-0.25, -0.2) is 4.98 Å². The second-order valence-electron chi connectivity index (χ2n) is 5.84. The van der Waals surface area contributed by atoms with Gasteiger partial charge in [-0.2, -0.15) is 0 Å². The predicted molar refractivity (Wildman–Crippen MR) is 92.2 cm³/mol. The van der Waals surface area contributed by atoms with Crippen molar-refractivity contribution in [3.05, 3.63) is 52.0 Å². The number of carbonyl (C=O) groups is 1. The van der Waals surface area contributed by atoms with Crippen molar-refractivity contribution in [2.75, 3.05) is 13.1 Å². The molecule has 0 spiro atoms. The van der Waals surface area contributed by atoms with Gasteiger partial charge in [-0.3, -0.25) is 9.69 Å². The molecule has 2 aromatic rings. The van der Waals surface area contributed by atoms with Crippen LogP contribution in [0.2, 0.25) is 0 Å². The summed E-state index contributed by atoms with van der Waals surface area (Å²) in [6.07, 6.45) is 1.96. The number of nitrogens with zero attached hydrogens (tertiary/aromatic N) is 2. The molecule has 0 aliphatic carbocycles. The summed E-state index contributed by atoms with van der Waals surface area (Å²) in [5, 5.41) is 5.67. The number of piperidine rings is 1. The molecule has 1 aliphatic heterocycles. The number of rotatable bonds is 5. The predicted octanol–water partition coefficient (Wildman–Crippen LogP) is 2.00. The molecule has 1 aliphatic rings. The lowest BCUT2D eigenvalue weighted by molar-refractivity contribution is 0.0904. The van der Waals surface area contributed by atoms with E-state index in [2.05, 4.69) is 39.5 Å². The SMILES string of the molecule is NCc1nc(C(=O)NC2CCN(Cc3ccccc3)CC2)cs1. The third-order valence-electron chi connectivity index (χ3n) is 4.13. The van der Waals surface area contributed by atoms with Crippen LogP contribution in [0.1, 0.15) is 33.9 Å². The van der Waals surface area contributed by atoms with Gasteiger partial charge in [0, 0.05) is 37.6 Å². The molecule has 1 fully saturated rings. The summed E-state index contributed by atoms with van der Waals surface area (Å²) in [6.45, 7) is 3.37. The van der Waals surface area contributed by atoms with Crippen LogP contribution in [0, 0.1) is 0 Å². The molecule has 1 aromatic carbocycles. The fraction of sp³-hybridized carbons (Fsp3) is 0.412. The van der Waals surface area contributed by atoms with Crippen LogP contribution in [0.4, 0.5) is 0 Å². The lowest BCUT2D eigenvalue weighted by atomic mass is 10.0. The highest BCUT2D eigenvalue weighted by atomic mass is 32.1. The molecule has 3 N–H and O–H groups in total. The van der Waals surface area contributed by atoms with Crippen LogP contribution in [0.3, 0.4) is 0 Å². The third kappa shape index (κ3) is 4.37. The van der Waals surface area contributed by atoms with Gasteiger partial charge in [-0.05, 0) is 18.4 Å². The van der Waals surface area contributed by atoms with Gasteiger partial charge in [-0.1, -0.05) is 30.3 Å². The molecule has 0 bridgehead atoms. The molecule has 1 saturated heterocycles. The number of hydrogen-bond acceptors (Lipinski definition) is 5. The van der Waals surface area contributed by atoms with Crippen LogP contribution in [0.5, 0.6) is 0 Å². The van der Waals surface area contributed by atoms with Gasteiger partial charge in [-0.15, -0.1) is 11.3 Å². The van der Waals surface area contributed by atoms with E-state index in [4.69, 9.17) is 5.73 Å². The van der Waals surface area contributed by atoms with Gasteiger partial charge in [0.1, 0.15) is 10.7 Å². The van der Waals surface area contributed by atoms with Crippen molar-refractivity contribution in [1.82, 2.24) is 15.2 Å². The number of thiazole rings is 1. The monoisotopic (exact) mass is 330 g/mol. The summed E-state index contributed by atoms with van der Waals surface area (Å²) >= 11 is 1.44. The van der Waals surface area contributed by atoms with E-state index < -0.39 is 0 Å². The number of likely N-dealkylation sites (tertiary alicyclic amines) is 1. The first kappa shape index (κ1) is 16.1. The molecule has 1 aromatic heterocycles. The maximum atomic E-state index is 12.2. The highest BCUT2D eigenvalue weighted by Crippen LogP contribution is 2.15. The number of aromatic nitrogens is 1. The number of hydrogen-bond donors (Lipinski definition) is 2. The maximum absolute atomic E-state index is 12.2. The van der Waals surface area contributed by atoms with Crippen LogP contribution in [-0.4, -0.2) is 34.9 Å². The lowest BCUT2D eigenvalue weighted by Gasteiger charge is -2.32. The van der Waals surface area contributed by atoms with Crippen molar-refractivity contribution in [3.8, 4) is 0 Å². The number of amides is 1. The van der Waals surface area contributed by atoms with Crippen LogP contribution < -0.4 is 11.1 Å². The minimum absolute atomic E-state index is 0.0811. The Kier molecular flexibility index (Phi) is 5.38. The Balaban J connectivity index is 1.46. The Bertz CT molecular complexity index is 635. The largest absolute Gasteiger partial charge is 0.348 e. The maximum Gasteiger partial charge on any atom is 0.270 e. The molecule has 23 heavy (non-hydrogen) atoms. The van der Waals surface area contributed by atoms with Crippen molar-refractivity contribution in [1.29, 1.82) is 0 Å². The second-order valence-corrected chi connectivity index (χ2v) is 6.78. The van der Waals surface area contributed by atoms with E-state index in [1.165, 1.54) is 16.9 Å². The Hall–Kier alpha value is -1.76. The summed E-state index contributed by atoms with van der Waals surface area (Å²) in [6, 6.07) is 10.7. The minimum atomic E-state index is -0.0811. The van der Waals surface area contributed by atoms with Crippen molar-refractivity contribution < 1.29 is 4.79 Å². The first-order valence-corrected chi connectivity index (χ1v) is 8.84. The Labute approximate surface area is 140 Å². The van der Waals surface area contributed by atoms with E-state index in [0.717, 1.165) is 37.5 Å². The van der Waals surface area contributed by atoms with Crippen LogP contribution in [0.25, 0.3) is 0 Å². The second kappa shape index (κ2) is 7.68. The first-order valence-electron chi connectivity index (χ1n) is 7.96. The van der Waals surface area contributed by atoms with Crippen molar-refractivity contribution in [2.24, 2.45) is 5.73 Å². The molecule has 1 amide bonds. The first-order chi connectivity index (χ1) is 11.2. The van der Waals surface area contributed by atoms with Gasteiger partial charge in [0.2, 0.25) is 0 Å². The minimum Gasteiger partial charge on any atom is -0.348 e. The van der Waals surface area contributed by atoms with Crippen LogP contribution >= 0.6 is 11.3 Å². The van der Waals surface area contributed by atoms with Crippen molar-refractivity contribution >= 4 is 17.2 Å². The number of nitrogens with one attached hydrogen (secondary N) is 1. The summed E-state index contributed by atoms with van der Waals surface area (Å²) in [5.74, 6) is -0.0811. The van der Waals surface area contributed by atoms with E-state index in [9.17, 15) is 4.79 Å². The highest BCUT2D eigenvalue weighted by Gasteiger charge is 2.22. The smallest absolute Gasteiger partial charge is 0.270 e. The molecular weight excluding hydrogens is 308 g/mol. The quantitative estimate of drug-likeness (QED) is 0.879. The molecule has 0 atom stereocenters. The standard InChI is InChI=1S/C17H22N4OS/c18-10-16-20-15(12-23-16)17(22)19-14-6-8-21(9-7-14)11-13-4-2-1-3-5-13/h1-5,12,14H,6-11,18H2,(H,19,22). The lowest BCUT2D eigenvalue weighted by Crippen LogP contribution is -2.44. The average Bonchev–Trinajstić information content (AvgIpc) is 3.07. The molecule has 6 heteroatoms. The topological polar surface area (TPSA) is 71.2 Å². The van der Waals surface area contributed by atoms with E-state index in [1.54, 1.807) is 5.38 Å². The normalized spacial score (nSPS) is 16.4. The molecule has 5 nitrogen and oxygen atoms in total. The molecule has 0 saturated carbocycles. The summed E-state index contributed by atoms with van der Waals surface area (Å²) in [7, 11) is 0. The molecule has 122 valence electrons. The Morgan fingerprint density at radius 2 is 2.04 bits per heavy atom. The summed E-state index contributed by atoms with van der Waals surface area (Å²) in [4.78, 5) is 18.9. The van der Waals surface area contributed by atoms with E-state index in [-0.39, 0.29) is 11.9 Å². The van der Waals surface area contributed by atoms with E-state index in [1.807, 2.05) is 6.07 Å². The van der Waals surface area contributed by atoms with Gasteiger partial charge >= 0.3 is 0 Å². The number of nitrogens with two attached hydrogens (primary N) is 1. The van der Waals surface area contributed by atoms with E-state index in [0.29, 0.717) is 12.2 Å². The van der Waals surface area contributed by atoms with Crippen LogP contribution in [0.15, 0.2) is 35.7 Å². The third-order valence-corrected chi connectivity index (χ3v) is 5.00. The molecule has 2 heterocycles. The van der Waals surface area contributed by atoms with Gasteiger partial charge < -0.3 is 11.1 Å². The van der Waals surface area contributed by atoms with Gasteiger partial charge in [0.25, 0.3) is 5.91 Å². The van der Waals surface area contributed by atoms with Crippen molar-refractivity contribution in [3.63, 3.8) is 0 Å². The molecule has 0 unspecified atom stereocenters. The number of benzene rings is 1. The molecule has 3 rings (SSSR count). The average molecular weight is 330 g/mol. The van der Waals surface area contributed by atoms with Gasteiger partial charge in [0.15, 0.2) is 0 Å². The summed E-state index contributed by atoms with van der Waals surface area (Å²) in [5.41, 5.74) is 7.36. The zero-order valence-corrected chi connectivity index (χ0v) is 13.9. The Morgan fingerprint density at radius 1 is 1.30 bits per heavy atom. The molecule has 0 radical (unpaired) electrons. The fourth-order valence-electron chi connectivity index (χ4n) is 2.85. The van der Waals surface area contributed by atoms with Crippen molar-refractivity contribution in [2.45, 2.75) is 32.0 Å². The fourth-order valence-corrected chi connectivity index (χ4v) is 3.50. The zero-order chi connectivity index (χ0) is 16.1.